The number of carbonyl (C=O) groups is 4. The average molecular weight is 423 g/mol. The van der Waals surface area contributed by atoms with Crippen LogP contribution in [0.4, 0.5) is 5.69 Å². The van der Waals surface area contributed by atoms with Crippen LogP contribution in [0.1, 0.15) is 33.5 Å². The lowest BCUT2D eigenvalue weighted by molar-refractivity contribution is -0.151. The Labute approximate surface area is 180 Å². The van der Waals surface area contributed by atoms with Gasteiger partial charge in [0.2, 0.25) is 5.91 Å². The Hall–Kier alpha value is -3.68. The van der Waals surface area contributed by atoms with Crippen LogP contribution in [0, 0.1) is 26.7 Å². The van der Waals surface area contributed by atoms with E-state index in [-0.39, 0.29) is 18.9 Å². The number of hydrazine groups is 1. The molecule has 31 heavy (non-hydrogen) atoms. The number of anilines is 1. The number of hydrogen-bond acceptors (Lipinski definition) is 5. The van der Waals surface area contributed by atoms with Gasteiger partial charge in [-0.3, -0.25) is 29.6 Å². The van der Waals surface area contributed by atoms with Crippen molar-refractivity contribution in [1.29, 1.82) is 0 Å². The molecule has 1 aliphatic heterocycles. The first-order valence-corrected chi connectivity index (χ1v) is 9.95. The standard InChI is InChI=1S/C23H25N3O5/c1-14-7-9-17(10-8-14)22(29)25-26-12-18(11-21(26)28)23(30)31-13-20(27)24-19-6-4-5-15(2)16(19)3/h4-10,18H,11-13H2,1-3H3,(H,24,27)(H,25,29)/t18-/m1/s1. The number of ether oxygens (including phenoxy) is 1. The number of rotatable bonds is 6. The lowest BCUT2D eigenvalue weighted by atomic mass is 10.1. The van der Waals surface area contributed by atoms with E-state index in [0.717, 1.165) is 21.7 Å². The lowest BCUT2D eigenvalue weighted by Crippen LogP contribution is -2.43. The van der Waals surface area contributed by atoms with Crippen LogP contribution < -0.4 is 10.7 Å². The van der Waals surface area contributed by atoms with Gasteiger partial charge in [-0.05, 0) is 50.1 Å². The first-order chi connectivity index (χ1) is 14.7. The summed E-state index contributed by atoms with van der Waals surface area (Å²) < 4.78 is 5.09. The van der Waals surface area contributed by atoms with Crippen LogP contribution in [0.5, 0.6) is 0 Å². The van der Waals surface area contributed by atoms with Gasteiger partial charge in [-0.2, -0.15) is 0 Å². The molecule has 0 unspecified atom stereocenters. The van der Waals surface area contributed by atoms with E-state index >= 15 is 0 Å². The number of amides is 3. The summed E-state index contributed by atoms with van der Waals surface area (Å²) in [6.07, 6.45) is -0.0916. The molecule has 1 heterocycles. The first kappa shape index (κ1) is 22.0. The number of benzene rings is 2. The quantitative estimate of drug-likeness (QED) is 0.694. The second kappa shape index (κ2) is 9.42. The van der Waals surface area contributed by atoms with Crippen LogP contribution in [0.2, 0.25) is 0 Å². The Morgan fingerprint density at radius 2 is 1.77 bits per heavy atom. The zero-order valence-corrected chi connectivity index (χ0v) is 17.7. The molecule has 0 saturated carbocycles. The number of nitrogens with zero attached hydrogens (tertiary/aromatic N) is 1. The van der Waals surface area contributed by atoms with E-state index in [0.29, 0.717) is 11.3 Å². The second-order valence-electron chi connectivity index (χ2n) is 7.62. The van der Waals surface area contributed by atoms with Crippen molar-refractivity contribution in [3.8, 4) is 0 Å². The van der Waals surface area contributed by atoms with Crippen molar-refractivity contribution in [3.63, 3.8) is 0 Å². The van der Waals surface area contributed by atoms with E-state index < -0.39 is 30.3 Å². The fraction of sp³-hybridized carbons (Fsp3) is 0.304. The van der Waals surface area contributed by atoms with E-state index in [1.165, 1.54) is 0 Å². The topological polar surface area (TPSA) is 105 Å². The molecule has 2 aromatic carbocycles. The molecule has 0 radical (unpaired) electrons. The summed E-state index contributed by atoms with van der Waals surface area (Å²) in [6.45, 7) is 5.27. The number of carbonyl (C=O) groups excluding carboxylic acids is 4. The molecule has 8 nitrogen and oxygen atoms in total. The zero-order chi connectivity index (χ0) is 22.5. The predicted molar refractivity (Wildman–Crippen MR) is 114 cm³/mol. The maximum atomic E-state index is 12.3. The first-order valence-electron chi connectivity index (χ1n) is 9.95. The largest absolute Gasteiger partial charge is 0.455 e. The molecule has 2 N–H and O–H groups in total. The minimum atomic E-state index is -0.751. The number of aryl methyl sites for hydroxylation is 2. The van der Waals surface area contributed by atoms with E-state index in [9.17, 15) is 19.2 Å². The molecule has 0 bridgehead atoms. The van der Waals surface area contributed by atoms with Crippen molar-refractivity contribution in [1.82, 2.24) is 10.4 Å². The molecule has 3 rings (SSSR count). The predicted octanol–water partition coefficient (Wildman–Crippen LogP) is 2.29. The van der Waals surface area contributed by atoms with E-state index in [2.05, 4.69) is 10.7 Å². The normalized spacial score (nSPS) is 15.5. The maximum Gasteiger partial charge on any atom is 0.311 e. The van der Waals surface area contributed by atoms with Gasteiger partial charge in [0.1, 0.15) is 0 Å². The zero-order valence-electron chi connectivity index (χ0n) is 17.7. The Morgan fingerprint density at radius 1 is 1.06 bits per heavy atom. The van der Waals surface area contributed by atoms with Crippen molar-refractivity contribution in [3.05, 3.63) is 64.7 Å². The summed E-state index contributed by atoms with van der Waals surface area (Å²) in [6, 6.07) is 12.4. The van der Waals surface area contributed by atoms with Gasteiger partial charge < -0.3 is 10.1 Å². The van der Waals surface area contributed by atoms with Crippen molar-refractivity contribution < 1.29 is 23.9 Å². The molecule has 0 aliphatic carbocycles. The molecular weight excluding hydrogens is 398 g/mol. The van der Waals surface area contributed by atoms with Crippen LogP contribution in [0.3, 0.4) is 0 Å². The highest BCUT2D eigenvalue weighted by atomic mass is 16.5. The molecule has 1 aliphatic rings. The Balaban J connectivity index is 1.49. The Bertz CT molecular complexity index is 1020. The number of esters is 1. The third kappa shape index (κ3) is 5.48. The highest BCUT2D eigenvalue weighted by Gasteiger charge is 2.36. The summed E-state index contributed by atoms with van der Waals surface area (Å²) in [5.74, 6) is -2.69. The van der Waals surface area contributed by atoms with Crippen LogP contribution in [-0.4, -0.2) is 41.9 Å². The molecule has 8 heteroatoms. The highest BCUT2D eigenvalue weighted by Crippen LogP contribution is 2.19. The van der Waals surface area contributed by atoms with Gasteiger partial charge in [0.15, 0.2) is 6.61 Å². The van der Waals surface area contributed by atoms with Gasteiger partial charge in [-0.25, -0.2) is 0 Å². The van der Waals surface area contributed by atoms with E-state index in [1.807, 2.05) is 32.9 Å². The van der Waals surface area contributed by atoms with Crippen molar-refractivity contribution >= 4 is 29.4 Å². The van der Waals surface area contributed by atoms with Gasteiger partial charge in [0, 0.05) is 17.7 Å². The second-order valence-corrected chi connectivity index (χ2v) is 7.62. The van der Waals surface area contributed by atoms with Crippen molar-refractivity contribution in [2.45, 2.75) is 27.2 Å². The molecule has 0 spiro atoms. The SMILES string of the molecule is Cc1ccc(C(=O)NN2C[C@H](C(=O)OCC(=O)Nc3cccc(C)c3C)CC2=O)cc1. The molecule has 0 aromatic heterocycles. The molecular formula is C23H25N3O5. The molecule has 1 saturated heterocycles. The Morgan fingerprint density at radius 3 is 2.48 bits per heavy atom. The summed E-state index contributed by atoms with van der Waals surface area (Å²) in [7, 11) is 0. The molecule has 162 valence electrons. The fourth-order valence-corrected chi connectivity index (χ4v) is 3.19. The third-order valence-electron chi connectivity index (χ3n) is 5.23. The van der Waals surface area contributed by atoms with Crippen molar-refractivity contribution in [2.75, 3.05) is 18.5 Å². The van der Waals surface area contributed by atoms with E-state index in [1.54, 1.807) is 30.3 Å². The van der Waals surface area contributed by atoms with Crippen LogP contribution >= 0.6 is 0 Å². The van der Waals surface area contributed by atoms with Gasteiger partial charge in [-0.1, -0.05) is 29.8 Å². The smallest absolute Gasteiger partial charge is 0.311 e. The molecule has 3 amide bonds. The summed E-state index contributed by atoms with van der Waals surface area (Å²) >= 11 is 0. The van der Waals surface area contributed by atoms with E-state index in [4.69, 9.17) is 4.74 Å². The molecule has 1 fully saturated rings. The average Bonchev–Trinajstić information content (AvgIpc) is 3.10. The number of hydrogen-bond donors (Lipinski definition) is 2. The summed E-state index contributed by atoms with van der Waals surface area (Å²) in [5, 5.41) is 3.83. The summed E-state index contributed by atoms with van der Waals surface area (Å²) in [4.78, 5) is 48.9. The van der Waals surface area contributed by atoms with Gasteiger partial charge in [0.25, 0.3) is 11.8 Å². The number of nitrogens with one attached hydrogen (secondary N) is 2. The third-order valence-corrected chi connectivity index (χ3v) is 5.23. The highest BCUT2D eigenvalue weighted by molar-refractivity contribution is 5.97. The maximum absolute atomic E-state index is 12.3. The minimum absolute atomic E-state index is 0.00608. The van der Waals surface area contributed by atoms with Gasteiger partial charge in [0.05, 0.1) is 12.5 Å². The summed E-state index contributed by atoms with van der Waals surface area (Å²) in [5.41, 5.74) is 6.56. The fourth-order valence-electron chi connectivity index (χ4n) is 3.19. The molecule has 1 atom stereocenters. The van der Waals surface area contributed by atoms with Crippen LogP contribution in [-0.2, 0) is 19.1 Å². The Kier molecular flexibility index (Phi) is 6.69. The van der Waals surface area contributed by atoms with Crippen LogP contribution in [0.15, 0.2) is 42.5 Å². The lowest BCUT2D eigenvalue weighted by Gasteiger charge is -2.17. The minimum Gasteiger partial charge on any atom is -0.455 e. The van der Waals surface area contributed by atoms with Crippen LogP contribution in [0.25, 0.3) is 0 Å². The van der Waals surface area contributed by atoms with Crippen molar-refractivity contribution in [2.24, 2.45) is 5.92 Å². The monoisotopic (exact) mass is 423 g/mol. The van der Waals surface area contributed by atoms with Gasteiger partial charge in [-0.15, -0.1) is 0 Å². The molecule has 2 aromatic rings. The van der Waals surface area contributed by atoms with Gasteiger partial charge >= 0.3 is 5.97 Å².